The lowest BCUT2D eigenvalue weighted by molar-refractivity contribution is 0.0600. The Morgan fingerprint density at radius 2 is 2.00 bits per heavy atom. The first-order valence-electron chi connectivity index (χ1n) is 4.82. The normalized spacial score (nSPS) is 16.5. The van der Waals surface area contributed by atoms with Gasteiger partial charge in [0.1, 0.15) is 0 Å². The highest BCUT2D eigenvalue weighted by Gasteiger charge is 2.44. The average Bonchev–Trinajstić information content (AvgIpc) is 3.09. The molecule has 0 N–H and O–H groups in total. The topological polar surface area (TPSA) is 50.1 Å². The predicted molar refractivity (Wildman–Crippen MR) is 54.3 cm³/mol. The Morgan fingerprint density at radius 3 is 2.40 bits per heavy atom. The van der Waals surface area contributed by atoms with E-state index in [1.165, 1.54) is 7.11 Å². The van der Waals surface area contributed by atoms with Crippen molar-refractivity contribution in [2.45, 2.75) is 18.3 Å². The maximum Gasteiger partial charge on any atom is 0.337 e. The minimum Gasteiger partial charge on any atom is -0.465 e. The first-order chi connectivity index (χ1) is 7.22. The zero-order valence-electron chi connectivity index (χ0n) is 8.49. The highest BCUT2D eigenvalue weighted by molar-refractivity contribution is 5.89. The van der Waals surface area contributed by atoms with E-state index < -0.39 is 0 Å². The number of hydrogen-bond acceptors (Lipinski definition) is 3. The summed E-state index contributed by atoms with van der Waals surface area (Å²) in [6.45, 7) is 0. The van der Waals surface area contributed by atoms with Crippen LogP contribution in [0.5, 0.6) is 0 Å². The van der Waals surface area contributed by atoms with Gasteiger partial charge < -0.3 is 4.74 Å². The van der Waals surface area contributed by atoms with Gasteiger partial charge in [-0.15, -0.1) is 0 Å². The van der Waals surface area contributed by atoms with E-state index >= 15 is 0 Å². The summed E-state index contributed by atoms with van der Waals surface area (Å²) in [5.74, 6) is -0.344. The standard InChI is InChI=1S/C12H11NO2/c1-15-11(14)9-2-4-10(5-3-9)12(8-13)6-7-12/h2-5H,6-7H2,1H3. The smallest absolute Gasteiger partial charge is 0.337 e. The molecule has 0 atom stereocenters. The van der Waals surface area contributed by atoms with Crippen LogP contribution >= 0.6 is 0 Å². The Kier molecular flexibility index (Phi) is 2.20. The molecule has 0 unspecified atom stereocenters. The van der Waals surface area contributed by atoms with Crippen molar-refractivity contribution in [3.63, 3.8) is 0 Å². The van der Waals surface area contributed by atoms with Crippen LogP contribution in [-0.2, 0) is 10.2 Å². The number of methoxy groups -OCH3 is 1. The molecule has 3 heteroatoms. The lowest BCUT2D eigenvalue weighted by Crippen LogP contribution is -2.05. The molecule has 1 aromatic carbocycles. The molecule has 1 aromatic rings. The highest BCUT2D eigenvalue weighted by Crippen LogP contribution is 2.47. The van der Waals surface area contributed by atoms with Crippen LogP contribution in [0, 0.1) is 11.3 Å². The van der Waals surface area contributed by atoms with E-state index in [1.807, 2.05) is 12.1 Å². The van der Waals surface area contributed by atoms with Crippen LogP contribution in [0.2, 0.25) is 0 Å². The van der Waals surface area contributed by atoms with Gasteiger partial charge in [0.15, 0.2) is 0 Å². The van der Waals surface area contributed by atoms with Crippen molar-refractivity contribution in [3.05, 3.63) is 35.4 Å². The largest absolute Gasteiger partial charge is 0.465 e. The van der Waals surface area contributed by atoms with Gasteiger partial charge in [-0.2, -0.15) is 5.26 Å². The molecule has 1 saturated carbocycles. The number of carbonyl (C=O) groups excluding carboxylic acids is 1. The van der Waals surface area contributed by atoms with Crippen molar-refractivity contribution in [3.8, 4) is 6.07 Å². The van der Waals surface area contributed by atoms with Gasteiger partial charge in [-0.1, -0.05) is 12.1 Å². The van der Waals surface area contributed by atoms with Gasteiger partial charge in [0, 0.05) is 0 Å². The van der Waals surface area contributed by atoms with E-state index in [1.54, 1.807) is 12.1 Å². The van der Waals surface area contributed by atoms with Crippen LogP contribution in [0.15, 0.2) is 24.3 Å². The van der Waals surface area contributed by atoms with Gasteiger partial charge in [0.2, 0.25) is 0 Å². The van der Waals surface area contributed by atoms with Gasteiger partial charge >= 0.3 is 5.97 Å². The summed E-state index contributed by atoms with van der Waals surface area (Å²) in [6.07, 6.45) is 1.84. The molecule has 0 spiro atoms. The van der Waals surface area contributed by atoms with E-state index in [9.17, 15) is 4.79 Å². The van der Waals surface area contributed by atoms with Crippen molar-refractivity contribution in [1.29, 1.82) is 5.26 Å². The third kappa shape index (κ3) is 1.59. The molecule has 0 heterocycles. The lowest BCUT2D eigenvalue weighted by Gasteiger charge is -2.06. The zero-order valence-corrected chi connectivity index (χ0v) is 8.49. The summed E-state index contributed by atoms with van der Waals surface area (Å²) >= 11 is 0. The van der Waals surface area contributed by atoms with Crippen LogP contribution in [0.3, 0.4) is 0 Å². The minimum absolute atomic E-state index is 0.283. The Bertz CT molecular complexity index is 424. The Morgan fingerprint density at radius 1 is 1.40 bits per heavy atom. The number of carbonyl (C=O) groups is 1. The van der Waals surface area contributed by atoms with Crippen molar-refractivity contribution >= 4 is 5.97 Å². The molecule has 1 aliphatic rings. The molecule has 0 aromatic heterocycles. The molecule has 1 aliphatic carbocycles. The third-order valence-corrected chi connectivity index (χ3v) is 2.82. The van der Waals surface area contributed by atoms with Gasteiger partial charge in [-0.05, 0) is 30.5 Å². The van der Waals surface area contributed by atoms with Gasteiger partial charge in [-0.25, -0.2) is 4.79 Å². The van der Waals surface area contributed by atoms with Gasteiger partial charge in [0.25, 0.3) is 0 Å². The summed E-state index contributed by atoms with van der Waals surface area (Å²) in [4.78, 5) is 11.2. The number of nitriles is 1. The number of benzene rings is 1. The van der Waals surface area contributed by atoms with Crippen LogP contribution in [0.1, 0.15) is 28.8 Å². The Labute approximate surface area is 88.3 Å². The van der Waals surface area contributed by atoms with E-state index in [0.29, 0.717) is 5.56 Å². The summed E-state index contributed by atoms with van der Waals surface area (Å²) < 4.78 is 4.60. The fourth-order valence-electron chi connectivity index (χ4n) is 1.63. The number of rotatable bonds is 2. The molecule has 2 rings (SSSR count). The number of esters is 1. The number of ether oxygens (including phenoxy) is 1. The van der Waals surface area contributed by atoms with Gasteiger partial charge in [-0.3, -0.25) is 0 Å². The Balaban J connectivity index is 2.26. The monoisotopic (exact) mass is 201 g/mol. The van der Waals surface area contributed by atoms with E-state index in [4.69, 9.17) is 5.26 Å². The minimum atomic E-state index is -0.344. The Hall–Kier alpha value is -1.82. The molecular formula is C12H11NO2. The molecular weight excluding hydrogens is 190 g/mol. The van der Waals surface area contributed by atoms with Crippen LogP contribution in [0.25, 0.3) is 0 Å². The highest BCUT2D eigenvalue weighted by atomic mass is 16.5. The number of nitrogens with zero attached hydrogens (tertiary/aromatic N) is 1. The molecule has 0 radical (unpaired) electrons. The molecule has 0 aliphatic heterocycles. The van der Waals surface area contributed by atoms with Gasteiger partial charge in [0.05, 0.1) is 24.2 Å². The first-order valence-corrected chi connectivity index (χ1v) is 4.82. The second-order valence-corrected chi connectivity index (χ2v) is 3.76. The van der Waals surface area contributed by atoms with Crippen LogP contribution in [0.4, 0.5) is 0 Å². The van der Waals surface area contributed by atoms with E-state index in [-0.39, 0.29) is 11.4 Å². The van der Waals surface area contributed by atoms with Crippen molar-refractivity contribution in [2.24, 2.45) is 0 Å². The second kappa shape index (κ2) is 3.39. The molecule has 0 bridgehead atoms. The van der Waals surface area contributed by atoms with Crippen molar-refractivity contribution in [1.82, 2.24) is 0 Å². The number of hydrogen-bond donors (Lipinski definition) is 0. The predicted octanol–water partition coefficient (Wildman–Crippen LogP) is 2.03. The van der Waals surface area contributed by atoms with Crippen LogP contribution in [-0.4, -0.2) is 13.1 Å². The van der Waals surface area contributed by atoms with Crippen LogP contribution < -0.4 is 0 Å². The first kappa shape index (κ1) is 9.72. The summed E-state index contributed by atoms with van der Waals surface area (Å²) in [7, 11) is 1.36. The fraction of sp³-hybridized carbons (Fsp3) is 0.333. The molecule has 1 fully saturated rings. The summed E-state index contributed by atoms with van der Waals surface area (Å²) in [6, 6.07) is 9.40. The van der Waals surface area contributed by atoms with Crippen molar-refractivity contribution in [2.75, 3.05) is 7.11 Å². The molecule has 76 valence electrons. The maximum absolute atomic E-state index is 11.2. The second-order valence-electron chi connectivity index (χ2n) is 3.76. The van der Waals surface area contributed by atoms with E-state index in [0.717, 1.165) is 18.4 Å². The summed E-state index contributed by atoms with van der Waals surface area (Å²) in [5.41, 5.74) is 1.24. The lowest BCUT2D eigenvalue weighted by atomic mass is 9.97. The molecule has 15 heavy (non-hydrogen) atoms. The average molecular weight is 201 g/mol. The molecule has 0 amide bonds. The van der Waals surface area contributed by atoms with E-state index in [2.05, 4.69) is 10.8 Å². The van der Waals surface area contributed by atoms with Crippen molar-refractivity contribution < 1.29 is 9.53 Å². The quantitative estimate of drug-likeness (QED) is 0.688. The third-order valence-electron chi connectivity index (χ3n) is 2.82. The fourth-order valence-corrected chi connectivity index (χ4v) is 1.63. The summed E-state index contributed by atoms with van der Waals surface area (Å²) in [5, 5.41) is 8.99. The molecule has 3 nitrogen and oxygen atoms in total. The maximum atomic E-state index is 11.2. The zero-order chi connectivity index (χ0) is 10.9. The SMILES string of the molecule is COC(=O)c1ccc(C2(C#N)CC2)cc1. The molecule has 0 saturated heterocycles.